The second-order valence-electron chi connectivity index (χ2n) is 7.55. The molecular formula is C20H22BrF2N3O. The van der Waals surface area contributed by atoms with Crippen LogP contribution in [0.1, 0.15) is 19.8 Å². The molecule has 2 saturated heterocycles. The van der Waals surface area contributed by atoms with Crippen LogP contribution in [0.5, 0.6) is 5.75 Å². The highest BCUT2D eigenvalue weighted by molar-refractivity contribution is 9.10. The summed E-state index contributed by atoms with van der Waals surface area (Å²) in [7, 11) is 0. The summed E-state index contributed by atoms with van der Waals surface area (Å²) >= 11 is 3.37. The van der Waals surface area contributed by atoms with Crippen molar-refractivity contribution in [2.75, 3.05) is 31.1 Å². The fourth-order valence-electron chi connectivity index (χ4n) is 4.06. The number of nitrogens with zero attached hydrogens (tertiary/aromatic N) is 3. The van der Waals surface area contributed by atoms with E-state index in [2.05, 4.69) is 37.6 Å². The summed E-state index contributed by atoms with van der Waals surface area (Å²) in [5, 5.41) is 0. The second kappa shape index (κ2) is 7.36. The van der Waals surface area contributed by atoms with Gasteiger partial charge in [-0.1, -0.05) is 0 Å². The first kappa shape index (κ1) is 18.6. The molecule has 2 aromatic rings. The van der Waals surface area contributed by atoms with Gasteiger partial charge in [0.1, 0.15) is 29.3 Å². The molecular weight excluding hydrogens is 416 g/mol. The normalized spacial score (nSPS) is 25.9. The van der Waals surface area contributed by atoms with E-state index >= 15 is 0 Å². The van der Waals surface area contributed by atoms with E-state index < -0.39 is 0 Å². The monoisotopic (exact) mass is 437 g/mol. The summed E-state index contributed by atoms with van der Waals surface area (Å²) in [6, 6.07) is 7.72. The van der Waals surface area contributed by atoms with Crippen LogP contribution in [0.4, 0.5) is 14.6 Å². The Kier molecular flexibility index (Phi) is 5.07. The highest BCUT2D eigenvalue weighted by Crippen LogP contribution is 2.35. The summed E-state index contributed by atoms with van der Waals surface area (Å²) in [6.45, 7) is 5.72. The molecule has 144 valence electrons. The number of fused-ring (bicyclic) bond motifs is 1. The third-order valence-electron chi connectivity index (χ3n) is 5.59. The zero-order valence-corrected chi connectivity index (χ0v) is 16.8. The van der Waals surface area contributed by atoms with Crippen LogP contribution in [-0.2, 0) is 0 Å². The standard InChI is InChI=1S/C20H22BrF2N3O/c1-20-7-6-16(27-18-4-2-14(22)10-17(18)21)12-26(20)9-8-25(13-20)19-5-3-15(23)11-24-19/h2-5,10-11,16H,6-9,12-13H2,1H3/t16-,20+/m1/s1. The first-order valence-electron chi connectivity index (χ1n) is 9.16. The van der Waals surface area contributed by atoms with Crippen molar-refractivity contribution in [3.63, 3.8) is 0 Å². The van der Waals surface area contributed by atoms with Crippen molar-refractivity contribution >= 4 is 21.7 Å². The van der Waals surface area contributed by atoms with Gasteiger partial charge in [0.2, 0.25) is 0 Å². The zero-order chi connectivity index (χ0) is 19.0. The van der Waals surface area contributed by atoms with E-state index in [1.807, 2.05) is 0 Å². The van der Waals surface area contributed by atoms with Gasteiger partial charge in [0.05, 0.1) is 10.7 Å². The Balaban J connectivity index is 1.42. The molecule has 0 amide bonds. The number of halogens is 3. The van der Waals surface area contributed by atoms with Crippen molar-refractivity contribution < 1.29 is 13.5 Å². The molecule has 4 rings (SSSR count). The molecule has 2 aliphatic rings. The van der Waals surface area contributed by atoms with Crippen molar-refractivity contribution in [2.24, 2.45) is 0 Å². The summed E-state index contributed by atoms with van der Waals surface area (Å²) in [4.78, 5) is 8.93. The maximum absolute atomic E-state index is 13.3. The lowest BCUT2D eigenvalue weighted by atomic mass is 9.85. The molecule has 3 heterocycles. The summed E-state index contributed by atoms with van der Waals surface area (Å²) in [5.41, 5.74) is 0.0359. The van der Waals surface area contributed by atoms with Gasteiger partial charge in [-0.2, -0.15) is 0 Å². The Bertz CT molecular complexity index is 819. The zero-order valence-electron chi connectivity index (χ0n) is 15.2. The van der Waals surface area contributed by atoms with Crippen molar-refractivity contribution in [1.82, 2.24) is 9.88 Å². The van der Waals surface area contributed by atoms with Gasteiger partial charge in [-0.25, -0.2) is 13.8 Å². The van der Waals surface area contributed by atoms with Gasteiger partial charge in [-0.05, 0) is 66.0 Å². The molecule has 4 nitrogen and oxygen atoms in total. The number of piperidine rings is 1. The fourth-order valence-corrected chi connectivity index (χ4v) is 4.50. The third-order valence-corrected chi connectivity index (χ3v) is 6.21. The Hall–Kier alpha value is -1.73. The van der Waals surface area contributed by atoms with Crippen molar-refractivity contribution in [3.8, 4) is 5.75 Å². The minimum atomic E-state index is -0.312. The van der Waals surface area contributed by atoms with Gasteiger partial charge in [-0.3, -0.25) is 4.90 Å². The lowest BCUT2D eigenvalue weighted by Crippen LogP contribution is -2.65. The molecule has 0 bridgehead atoms. The number of pyridine rings is 1. The molecule has 0 N–H and O–H groups in total. The average molecular weight is 438 g/mol. The molecule has 0 saturated carbocycles. The first-order chi connectivity index (χ1) is 12.9. The Morgan fingerprint density at radius 3 is 2.74 bits per heavy atom. The molecule has 1 aromatic carbocycles. The van der Waals surface area contributed by atoms with E-state index in [9.17, 15) is 8.78 Å². The molecule has 2 aliphatic heterocycles. The third kappa shape index (κ3) is 3.94. The van der Waals surface area contributed by atoms with E-state index in [1.54, 1.807) is 12.1 Å². The summed E-state index contributed by atoms with van der Waals surface area (Å²) in [5.74, 6) is 0.911. The fraction of sp³-hybridized carbons (Fsp3) is 0.450. The maximum atomic E-state index is 13.3. The SMILES string of the molecule is C[C@@]12CC[C@@H](Oc3ccc(F)cc3Br)CN1CCN(c1ccc(F)cn1)C2. The smallest absolute Gasteiger partial charge is 0.141 e. The van der Waals surface area contributed by atoms with Crippen LogP contribution in [0.2, 0.25) is 0 Å². The number of aromatic nitrogens is 1. The van der Waals surface area contributed by atoms with Crippen LogP contribution in [-0.4, -0.2) is 47.7 Å². The molecule has 2 fully saturated rings. The number of ether oxygens (including phenoxy) is 1. The number of piperazine rings is 1. The maximum Gasteiger partial charge on any atom is 0.141 e. The largest absolute Gasteiger partial charge is 0.488 e. The number of anilines is 1. The molecule has 0 aliphatic carbocycles. The van der Waals surface area contributed by atoms with E-state index in [0.717, 1.165) is 44.8 Å². The minimum absolute atomic E-state index is 0.0359. The molecule has 1 aromatic heterocycles. The van der Waals surface area contributed by atoms with Crippen molar-refractivity contribution in [1.29, 1.82) is 0 Å². The van der Waals surface area contributed by atoms with Gasteiger partial charge < -0.3 is 9.64 Å². The lowest BCUT2D eigenvalue weighted by molar-refractivity contribution is -0.00979. The molecule has 0 spiro atoms. The predicted molar refractivity (Wildman–Crippen MR) is 104 cm³/mol. The van der Waals surface area contributed by atoms with Crippen molar-refractivity contribution in [2.45, 2.75) is 31.4 Å². The molecule has 0 radical (unpaired) electrons. The van der Waals surface area contributed by atoms with Crippen LogP contribution in [0, 0.1) is 11.6 Å². The number of rotatable bonds is 3. The summed E-state index contributed by atoms with van der Waals surface area (Å²) < 4.78 is 33.2. The van der Waals surface area contributed by atoms with Gasteiger partial charge >= 0.3 is 0 Å². The van der Waals surface area contributed by atoms with E-state index in [4.69, 9.17) is 4.74 Å². The van der Waals surface area contributed by atoms with Gasteiger partial charge in [-0.15, -0.1) is 0 Å². The van der Waals surface area contributed by atoms with Gasteiger partial charge in [0.25, 0.3) is 0 Å². The molecule has 0 unspecified atom stereocenters. The first-order valence-corrected chi connectivity index (χ1v) is 9.95. The van der Waals surface area contributed by atoms with Crippen LogP contribution in [0.15, 0.2) is 41.0 Å². The Morgan fingerprint density at radius 1 is 1.19 bits per heavy atom. The van der Waals surface area contributed by atoms with Gasteiger partial charge in [0, 0.05) is 31.7 Å². The lowest BCUT2D eigenvalue weighted by Gasteiger charge is -2.53. The van der Waals surface area contributed by atoms with Crippen LogP contribution < -0.4 is 9.64 Å². The highest BCUT2D eigenvalue weighted by Gasteiger charge is 2.42. The number of benzene rings is 1. The minimum Gasteiger partial charge on any atom is -0.488 e. The quantitative estimate of drug-likeness (QED) is 0.717. The Labute approximate surface area is 166 Å². The van der Waals surface area contributed by atoms with E-state index in [0.29, 0.717) is 10.2 Å². The second-order valence-corrected chi connectivity index (χ2v) is 8.41. The molecule has 27 heavy (non-hydrogen) atoms. The van der Waals surface area contributed by atoms with Crippen LogP contribution in [0.25, 0.3) is 0 Å². The summed E-state index contributed by atoms with van der Waals surface area (Å²) in [6.07, 6.45) is 3.28. The molecule has 7 heteroatoms. The topological polar surface area (TPSA) is 28.6 Å². The highest BCUT2D eigenvalue weighted by atomic mass is 79.9. The predicted octanol–water partition coefficient (Wildman–Crippen LogP) is 4.24. The molecule has 2 atom stereocenters. The van der Waals surface area contributed by atoms with Crippen LogP contribution in [0.3, 0.4) is 0 Å². The number of hydrogen-bond acceptors (Lipinski definition) is 4. The van der Waals surface area contributed by atoms with E-state index in [1.165, 1.54) is 24.4 Å². The van der Waals surface area contributed by atoms with Gasteiger partial charge in [0.15, 0.2) is 0 Å². The average Bonchev–Trinajstić information content (AvgIpc) is 2.64. The Morgan fingerprint density at radius 2 is 2.00 bits per heavy atom. The van der Waals surface area contributed by atoms with Crippen molar-refractivity contribution in [3.05, 3.63) is 52.6 Å². The van der Waals surface area contributed by atoms with E-state index in [-0.39, 0.29) is 23.3 Å². The van der Waals surface area contributed by atoms with Crippen LogP contribution >= 0.6 is 15.9 Å². The number of hydrogen-bond donors (Lipinski definition) is 0.